The molecule has 2 N–H and O–H groups in total. The van der Waals surface area contributed by atoms with Crippen LogP contribution in [-0.4, -0.2) is 33.0 Å². The second-order valence-corrected chi connectivity index (χ2v) is 10.1. The maximum Gasteiger partial charge on any atom is 0.255 e. The highest BCUT2D eigenvalue weighted by atomic mass is 32.2. The summed E-state index contributed by atoms with van der Waals surface area (Å²) in [6.45, 7) is 6.83. The molecule has 0 bridgehead atoms. The molecule has 2 heterocycles. The third-order valence-electron chi connectivity index (χ3n) is 6.23. The Morgan fingerprint density at radius 3 is 2.49 bits per heavy atom. The molecule has 0 fully saturated rings. The van der Waals surface area contributed by atoms with Gasteiger partial charge in [0.1, 0.15) is 24.1 Å². The van der Waals surface area contributed by atoms with E-state index in [4.69, 9.17) is 14.6 Å². The van der Waals surface area contributed by atoms with E-state index in [1.807, 2.05) is 92.7 Å². The van der Waals surface area contributed by atoms with Crippen molar-refractivity contribution in [1.29, 1.82) is 0 Å². The zero-order valence-corrected chi connectivity index (χ0v) is 23.0. The highest BCUT2D eigenvalue weighted by Gasteiger charge is 2.34. The number of anilines is 2. The molecular formula is C30H31N5O3S. The van der Waals surface area contributed by atoms with Gasteiger partial charge in [0.2, 0.25) is 11.1 Å². The van der Waals surface area contributed by atoms with Crippen molar-refractivity contribution in [2.45, 2.75) is 38.6 Å². The van der Waals surface area contributed by atoms with Crippen LogP contribution >= 0.6 is 11.8 Å². The Labute approximate surface area is 232 Å². The van der Waals surface area contributed by atoms with Gasteiger partial charge >= 0.3 is 0 Å². The van der Waals surface area contributed by atoms with Crippen LogP contribution in [0.2, 0.25) is 0 Å². The molecule has 1 aliphatic rings. The molecule has 0 saturated carbocycles. The second kappa shape index (κ2) is 12.1. The number of para-hydroxylation sites is 2. The molecule has 1 aromatic heterocycles. The second-order valence-electron chi connectivity index (χ2n) is 8.89. The van der Waals surface area contributed by atoms with Crippen molar-refractivity contribution in [3.8, 4) is 11.5 Å². The van der Waals surface area contributed by atoms with Gasteiger partial charge in [-0.2, -0.15) is 4.98 Å². The minimum absolute atomic E-state index is 0.243. The number of hydrogen-bond acceptors (Lipinski definition) is 7. The van der Waals surface area contributed by atoms with Gasteiger partial charge in [0.25, 0.3) is 5.91 Å². The number of benzene rings is 3. The first-order valence-electron chi connectivity index (χ1n) is 12.9. The van der Waals surface area contributed by atoms with Crippen molar-refractivity contribution in [2.75, 3.05) is 23.0 Å². The summed E-state index contributed by atoms with van der Waals surface area (Å²) in [5.41, 5.74) is 3.86. The molecule has 5 rings (SSSR count). The molecule has 0 spiro atoms. The molecule has 0 radical (unpaired) electrons. The van der Waals surface area contributed by atoms with Gasteiger partial charge in [0.15, 0.2) is 0 Å². The van der Waals surface area contributed by atoms with E-state index in [1.54, 1.807) is 16.4 Å². The first kappa shape index (κ1) is 26.4. The number of hydrogen-bond donors (Lipinski definition) is 2. The summed E-state index contributed by atoms with van der Waals surface area (Å²) in [6, 6.07) is 24.8. The fourth-order valence-electron chi connectivity index (χ4n) is 4.45. The van der Waals surface area contributed by atoms with E-state index < -0.39 is 6.04 Å². The molecule has 39 heavy (non-hydrogen) atoms. The van der Waals surface area contributed by atoms with E-state index in [-0.39, 0.29) is 5.91 Å². The quantitative estimate of drug-likeness (QED) is 0.228. The van der Waals surface area contributed by atoms with Crippen LogP contribution in [0.3, 0.4) is 0 Å². The van der Waals surface area contributed by atoms with Crippen molar-refractivity contribution in [3.63, 3.8) is 0 Å². The number of rotatable bonds is 10. The summed E-state index contributed by atoms with van der Waals surface area (Å²) in [5, 5.41) is 11.7. The standard InChI is InChI=1S/C30H31N5O3S/c1-4-37-25-14-10-9-13-24(25)32-28(36)26-20(3)31-29-33-30(39-5-2)34-35(29)27(26)22-15-17-23(18-16-22)38-19-21-11-7-6-8-12-21/h6-18,27H,4-5,19H2,1-3H3,(H,32,36)(H,31,33,34). The van der Waals surface area contributed by atoms with Crippen LogP contribution in [0.15, 0.2) is 95.3 Å². The van der Waals surface area contributed by atoms with Crippen LogP contribution in [-0.2, 0) is 11.4 Å². The van der Waals surface area contributed by atoms with Gasteiger partial charge in [-0.05, 0) is 55.0 Å². The van der Waals surface area contributed by atoms with Crippen molar-refractivity contribution in [1.82, 2.24) is 14.8 Å². The molecule has 1 aliphatic heterocycles. The Bertz CT molecular complexity index is 1470. The van der Waals surface area contributed by atoms with E-state index in [0.29, 0.717) is 47.0 Å². The van der Waals surface area contributed by atoms with E-state index in [9.17, 15) is 4.79 Å². The molecule has 200 valence electrons. The predicted molar refractivity (Wildman–Crippen MR) is 154 cm³/mol. The summed E-state index contributed by atoms with van der Waals surface area (Å²) in [4.78, 5) is 18.5. The molecule has 3 aromatic carbocycles. The first-order valence-corrected chi connectivity index (χ1v) is 13.9. The molecular weight excluding hydrogens is 510 g/mol. The lowest BCUT2D eigenvalue weighted by molar-refractivity contribution is -0.113. The lowest BCUT2D eigenvalue weighted by atomic mass is 9.95. The van der Waals surface area contributed by atoms with Crippen LogP contribution in [0, 0.1) is 0 Å². The van der Waals surface area contributed by atoms with Gasteiger partial charge < -0.3 is 20.1 Å². The number of carbonyl (C=O) groups is 1. The number of thioether (sulfide) groups is 1. The summed E-state index contributed by atoms with van der Waals surface area (Å²) in [5.74, 6) is 2.57. The largest absolute Gasteiger partial charge is 0.492 e. The lowest BCUT2D eigenvalue weighted by Crippen LogP contribution is -2.31. The number of aromatic nitrogens is 3. The molecule has 8 nitrogen and oxygen atoms in total. The third kappa shape index (κ3) is 5.93. The third-order valence-corrected chi connectivity index (χ3v) is 6.95. The number of nitrogens with zero attached hydrogens (tertiary/aromatic N) is 3. The van der Waals surface area contributed by atoms with Crippen LogP contribution in [0.1, 0.15) is 37.9 Å². The van der Waals surface area contributed by atoms with Crippen LogP contribution in [0.25, 0.3) is 0 Å². The normalized spacial score (nSPS) is 14.4. The van der Waals surface area contributed by atoms with E-state index in [0.717, 1.165) is 22.6 Å². The van der Waals surface area contributed by atoms with Gasteiger partial charge in [-0.25, -0.2) is 4.68 Å². The van der Waals surface area contributed by atoms with Crippen molar-refractivity contribution < 1.29 is 14.3 Å². The van der Waals surface area contributed by atoms with Gasteiger partial charge in [0, 0.05) is 5.70 Å². The summed E-state index contributed by atoms with van der Waals surface area (Å²) < 4.78 is 13.5. The Kier molecular flexibility index (Phi) is 8.17. The number of carbonyl (C=O) groups excluding carboxylic acids is 1. The van der Waals surface area contributed by atoms with Crippen LogP contribution in [0.5, 0.6) is 11.5 Å². The highest BCUT2D eigenvalue weighted by Crippen LogP contribution is 2.38. The van der Waals surface area contributed by atoms with Gasteiger partial charge in [-0.3, -0.25) is 4.79 Å². The van der Waals surface area contributed by atoms with Gasteiger partial charge in [-0.15, -0.1) is 5.10 Å². The number of fused-ring (bicyclic) bond motifs is 1. The molecule has 1 amide bonds. The fourth-order valence-corrected chi connectivity index (χ4v) is 5.01. The van der Waals surface area contributed by atoms with E-state index in [1.165, 1.54) is 0 Å². The molecule has 0 aliphatic carbocycles. The Morgan fingerprint density at radius 2 is 1.74 bits per heavy atom. The first-order chi connectivity index (χ1) is 19.1. The van der Waals surface area contributed by atoms with Crippen LogP contribution in [0.4, 0.5) is 11.6 Å². The zero-order valence-electron chi connectivity index (χ0n) is 22.2. The molecule has 1 atom stereocenters. The van der Waals surface area contributed by atoms with Crippen molar-refractivity contribution in [3.05, 3.63) is 101 Å². The van der Waals surface area contributed by atoms with Gasteiger partial charge in [-0.1, -0.05) is 73.3 Å². The lowest BCUT2D eigenvalue weighted by Gasteiger charge is -2.29. The summed E-state index contributed by atoms with van der Waals surface area (Å²) >= 11 is 1.56. The van der Waals surface area contributed by atoms with E-state index in [2.05, 4.69) is 22.5 Å². The molecule has 9 heteroatoms. The molecule has 4 aromatic rings. The average molecular weight is 542 g/mol. The average Bonchev–Trinajstić information content (AvgIpc) is 3.35. The fraction of sp³-hybridized carbons (Fsp3) is 0.233. The smallest absolute Gasteiger partial charge is 0.255 e. The topological polar surface area (TPSA) is 90.3 Å². The Balaban J connectivity index is 1.46. The Morgan fingerprint density at radius 1 is 1.00 bits per heavy atom. The monoisotopic (exact) mass is 541 g/mol. The minimum Gasteiger partial charge on any atom is -0.492 e. The summed E-state index contributed by atoms with van der Waals surface area (Å²) in [7, 11) is 0. The molecule has 0 saturated heterocycles. The van der Waals surface area contributed by atoms with Crippen LogP contribution < -0.4 is 20.1 Å². The maximum absolute atomic E-state index is 13.8. The molecule has 1 unspecified atom stereocenters. The Hall–Kier alpha value is -4.24. The number of allylic oxidation sites excluding steroid dienone is 1. The number of nitrogens with one attached hydrogen (secondary N) is 2. The zero-order chi connectivity index (χ0) is 27.2. The van der Waals surface area contributed by atoms with E-state index >= 15 is 0 Å². The van der Waals surface area contributed by atoms with Gasteiger partial charge in [0.05, 0.1) is 17.9 Å². The number of amides is 1. The highest BCUT2D eigenvalue weighted by molar-refractivity contribution is 7.99. The van der Waals surface area contributed by atoms with Crippen molar-refractivity contribution >= 4 is 29.3 Å². The predicted octanol–water partition coefficient (Wildman–Crippen LogP) is 6.30. The maximum atomic E-state index is 13.8. The summed E-state index contributed by atoms with van der Waals surface area (Å²) in [6.07, 6.45) is 0. The van der Waals surface area contributed by atoms with Crippen molar-refractivity contribution in [2.24, 2.45) is 0 Å². The SMILES string of the molecule is CCOc1ccccc1NC(=O)C1=C(C)Nc2nc(SCC)nn2C1c1ccc(OCc2ccccc2)cc1. The minimum atomic E-state index is -0.484. The number of ether oxygens (including phenoxy) is 2.